The molecular formula is C12H9ClO3S. The van der Waals surface area contributed by atoms with E-state index >= 15 is 0 Å². The van der Waals surface area contributed by atoms with Gasteiger partial charge in [-0.3, -0.25) is 0 Å². The van der Waals surface area contributed by atoms with E-state index in [1.165, 1.54) is 12.1 Å². The predicted molar refractivity (Wildman–Crippen MR) is 67.0 cm³/mol. The van der Waals surface area contributed by atoms with Crippen molar-refractivity contribution in [3.8, 4) is 11.5 Å². The van der Waals surface area contributed by atoms with Crippen LogP contribution in [-0.4, -0.2) is 8.76 Å². The molecule has 0 saturated carbocycles. The van der Waals surface area contributed by atoms with Crippen molar-refractivity contribution in [2.45, 2.75) is 4.90 Å². The highest BCUT2D eigenvalue weighted by molar-refractivity contribution is 7.79. The van der Waals surface area contributed by atoms with Gasteiger partial charge in [0.1, 0.15) is 11.5 Å². The van der Waals surface area contributed by atoms with E-state index in [-0.39, 0.29) is 0 Å². The van der Waals surface area contributed by atoms with Crippen LogP contribution in [-0.2, 0) is 11.1 Å². The largest absolute Gasteiger partial charge is 0.456 e. The van der Waals surface area contributed by atoms with Crippen molar-refractivity contribution in [2.75, 3.05) is 0 Å². The zero-order chi connectivity index (χ0) is 12.3. The third kappa shape index (κ3) is 3.06. The third-order valence-corrected chi connectivity index (χ3v) is 3.08. The van der Waals surface area contributed by atoms with Crippen molar-refractivity contribution in [3.05, 3.63) is 53.6 Å². The van der Waals surface area contributed by atoms with Crippen LogP contribution in [0.2, 0.25) is 5.02 Å². The number of hydrogen-bond acceptors (Lipinski definition) is 2. The van der Waals surface area contributed by atoms with E-state index in [1.807, 2.05) is 12.1 Å². The molecule has 0 radical (unpaired) electrons. The summed E-state index contributed by atoms with van der Waals surface area (Å²) in [6.07, 6.45) is 0. The molecule has 0 amide bonds. The number of hydrogen-bond donors (Lipinski definition) is 1. The standard InChI is InChI=1S/C12H9ClO3S/c13-11-3-1-2-4-12(11)16-9-5-7-10(8-6-9)17(14)15/h1-8H,(H,14,15). The molecule has 0 heterocycles. The molecule has 2 rings (SSSR count). The summed E-state index contributed by atoms with van der Waals surface area (Å²) in [4.78, 5) is 0.330. The fourth-order valence-electron chi connectivity index (χ4n) is 1.28. The Morgan fingerprint density at radius 1 is 1.06 bits per heavy atom. The van der Waals surface area contributed by atoms with Gasteiger partial charge in [-0.1, -0.05) is 23.7 Å². The summed E-state index contributed by atoms with van der Waals surface area (Å²) in [5.74, 6) is 1.11. The van der Waals surface area contributed by atoms with Gasteiger partial charge in [0.25, 0.3) is 0 Å². The molecule has 0 bridgehead atoms. The van der Waals surface area contributed by atoms with E-state index in [4.69, 9.17) is 20.9 Å². The molecule has 2 aromatic rings. The monoisotopic (exact) mass is 268 g/mol. The molecule has 1 atom stereocenters. The van der Waals surface area contributed by atoms with Gasteiger partial charge in [0.15, 0.2) is 11.1 Å². The molecule has 0 aromatic heterocycles. The topological polar surface area (TPSA) is 46.5 Å². The molecule has 1 N–H and O–H groups in total. The quantitative estimate of drug-likeness (QED) is 0.863. The van der Waals surface area contributed by atoms with Crippen LogP contribution >= 0.6 is 11.6 Å². The number of halogens is 1. The average molecular weight is 269 g/mol. The molecule has 0 aliphatic carbocycles. The van der Waals surface area contributed by atoms with Crippen LogP contribution < -0.4 is 4.74 Å². The van der Waals surface area contributed by atoms with Crippen LogP contribution in [0.15, 0.2) is 53.4 Å². The lowest BCUT2D eigenvalue weighted by molar-refractivity contribution is 0.482. The molecule has 0 spiro atoms. The molecule has 0 aliphatic heterocycles. The number of ether oxygens (including phenoxy) is 1. The lowest BCUT2D eigenvalue weighted by Crippen LogP contribution is -1.89. The van der Waals surface area contributed by atoms with Gasteiger partial charge in [-0.2, -0.15) is 0 Å². The molecule has 3 nitrogen and oxygen atoms in total. The average Bonchev–Trinajstić information content (AvgIpc) is 2.33. The summed E-state index contributed by atoms with van der Waals surface area (Å²) < 4.78 is 25.2. The molecule has 17 heavy (non-hydrogen) atoms. The molecular weight excluding hydrogens is 260 g/mol. The SMILES string of the molecule is O=S(O)c1ccc(Oc2ccccc2Cl)cc1. The van der Waals surface area contributed by atoms with Crippen LogP contribution in [0.5, 0.6) is 11.5 Å². The minimum atomic E-state index is -1.97. The van der Waals surface area contributed by atoms with Crippen molar-refractivity contribution in [3.63, 3.8) is 0 Å². The van der Waals surface area contributed by atoms with Crippen LogP contribution in [0, 0.1) is 0 Å². The molecule has 88 valence electrons. The Morgan fingerprint density at radius 3 is 2.29 bits per heavy atom. The van der Waals surface area contributed by atoms with E-state index in [0.29, 0.717) is 21.4 Å². The van der Waals surface area contributed by atoms with Gasteiger partial charge in [-0.05, 0) is 36.4 Å². The van der Waals surface area contributed by atoms with E-state index in [0.717, 1.165) is 0 Å². The second-order valence-electron chi connectivity index (χ2n) is 3.25. The van der Waals surface area contributed by atoms with Crippen molar-refractivity contribution in [1.29, 1.82) is 0 Å². The van der Waals surface area contributed by atoms with Gasteiger partial charge >= 0.3 is 0 Å². The van der Waals surface area contributed by atoms with Gasteiger partial charge < -0.3 is 9.29 Å². The first-order chi connectivity index (χ1) is 8.16. The second-order valence-corrected chi connectivity index (χ2v) is 4.63. The molecule has 2 aromatic carbocycles. The van der Waals surface area contributed by atoms with E-state index in [2.05, 4.69) is 0 Å². The van der Waals surface area contributed by atoms with Crippen molar-refractivity contribution >= 4 is 22.7 Å². The lowest BCUT2D eigenvalue weighted by Gasteiger charge is -2.07. The molecule has 5 heteroatoms. The summed E-state index contributed by atoms with van der Waals surface area (Å²) in [7, 11) is 0. The van der Waals surface area contributed by atoms with E-state index in [9.17, 15) is 4.21 Å². The summed E-state index contributed by atoms with van der Waals surface area (Å²) in [5.41, 5.74) is 0. The summed E-state index contributed by atoms with van der Waals surface area (Å²) in [5, 5.41) is 0.516. The normalized spacial score (nSPS) is 12.1. The molecule has 0 saturated heterocycles. The van der Waals surface area contributed by atoms with E-state index in [1.54, 1.807) is 24.3 Å². The van der Waals surface area contributed by atoms with E-state index < -0.39 is 11.1 Å². The van der Waals surface area contributed by atoms with Gasteiger partial charge in [0, 0.05) is 0 Å². The van der Waals surface area contributed by atoms with Gasteiger partial charge in [-0.15, -0.1) is 0 Å². The first kappa shape index (κ1) is 12.1. The highest BCUT2D eigenvalue weighted by Crippen LogP contribution is 2.28. The summed E-state index contributed by atoms with van der Waals surface area (Å²) >= 11 is 3.97. The van der Waals surface area contributed by atoms with Crippen LogP contribution in [0.3, 0.4) is 0 Å². The lowest BCUT2D eigenvalue weighted by atomic mass is 10.3. The first-order valence-electron chi connectivity index (χ1n) is 4.80. The summed E-state index contributed by atoms with van der Waals surface area (Å²) in [6, 6.07) is 13.4. The zero-order valence-electron chi connectivity index (χ0n) is 8.67. The Hall–Kier alpha value is -1.36. The van der Waals surface area contributed by atoms with Crippen LogP contribution in [0.4, 0.5) is 0 Å². The van der Waals surface area contributed by atoms with Gasteiger partial charge in [0.2, 0.25) is 0 Å². The van der Waals surface area contributed by atoms with Crippen molar-refractivity contribution < 1.29 is 13.5 Å². The van der Waals surface area contributed by atoms with Crippen molar-refractivity contribution in [2.24, 2.45) is 0 Å². The highest BCUT2D eigenvalue weighted by atomic mass is 35.5. The zero-order valence-corrected chi connectivity index (χ0v) is 10.2. The Morgan fingerprint density at radius 2 is 1.71 bits per heavy atom. The first-order valence-corrected chi connectivity index (χ1v) is 6.28. The summed E-state index contributed by atoms with van der Waals surface area (Å²) in [6.45, 7) is 0. The predicted octanol–water partition coefficient (Wildman–Crippen LogP) is 3.71. The maximum atomic E-state index is 10.8. The fourth-order valence-corrected chi connectivity index (χ4v) is 1.82. The highest BCUT2D eigenvalue weighted by Gasteiger charge is 2.03. The Kier molecular flexibility index (Phi) is 3.78. The maximum Gasteiger partial charge on any atom is 0.186 e. The minimum Gasteiger partial charge on any atom is -0.456 e. The Labute approximate surface area is 106 Å². The molecule has 0 fully saturated rings. The van der Waals surface area contributed by atoms with Crippen LogP contribution in [0.25, 0.3) is 0 Å². The Bertz CT molecular complexity index is 540. The number of para-hydroxylation sites is 1. The Balaban J connectivity index is 2.20. The minimum absolute atomic E-state index is 0.330. The van der Waals surface area contributed by atoms with Crippen LogP contribution in [0.1, 0.15) is 0 Å². The fraction of sp³-hybridized carbons (Fsp3) is 0. The molecule has 0 aliphatic rings. The van der Waals surface area contributed by atoms with Gasteiger partial charge in [0.05, 0.1) is 9.92 Å². The number of rotatable bonds is 3. The second kappa shape index (κ2) is 5.31. The van der Waals surface area contributed by atoms with Crippen molar-refractivity contribution in [1.82, 2.24) is 0 Å². The maximum absolute atomic E-state index is 10.8. The third-order valence-electron chi connectivity index (χ3n) is 2.09. The molecule has 1 unspecified atom stereocenters. The van der Waals surface area contributed by atoms with Gasteiger partial charge in [-0.25, -0.2) is 4.21 Å². The smallest absolute Gasteiger partial charge is 0.186 e. The number of benzene rings is 2.